The van der Waals surface area contributed by atoms with Crippen molar-refractivity contribution in [3.63, 3.8) is 0 Å². The summed E-state index contributed by atoms with van der Waals surface area (Å²) < 4.78 is 41.7. The highest BCUT2D eigenvalue weighted by Crippen LogP contribution is 2.60. The van der Waals surface area contributed by atoms with Gasteiger partial charge in [-0.3, -0.25) is 13.9 Å². The molecule has 7 nitrogen and oxygen atoms in total. The molecule has 2 aromatic rings. The minimum Gasteiger partial charge on any atom is -0.354 e. The molecule has 0 aliphatic heterocycles. The molecule has 4 aliphatic carbocycles. The number of benzene rings is 2. The van der Waals surface area contributed by atoms with E-state index in [0.717, 1.165) is 41.2 Å². The molecule has 228 valence electrons. The second kappa shape index (κ2) is 12.3. The van der Waals surface area contributed by atoms with Gasteiger partial charge in [0.25, 0.3) is 0 Å². The Morgan fingerprint density at radius 1 is 1.00 bits per heavy atom. The number of anilines is 1. The van der Waals surface area contributed by atoms with Gasteiger partial charge in [0.2, 0.25) is 21.8 Å². The predicted molar refractivity (Wildman–Crippen MR) is 163 cm³/mol. The molecule has 2 aromatic carbocycles. The molecular formula is C33H44FN3O4S. The van der Waals surface area contributed by atoms with E-state index in [9.17, 15) is 22.4 Å². The second-order valence-corrected chi connectivity index (χ2v) is 14.9. The molecule has 0 saturated heterocycles. The van der Waals surface area contributed by atoms with E-state index in [4.69, 9.17) is 0 Å². The van der Waals surface area contributed by atoms with Gasteiger partial charge in [0.15, 0.2) is 0 Å². The lowest BCUT2D eigenvalue weighted by molar-refractivity contribution is -0.139. The van der Waals surface area contributed by atoms with Gasteiger partial charge in [-0.25, -0.2) is 12.8 Å². The number of amides is 2. The highest BCUT2D eigenvalue weighted by atomic mass is 32.2. The van der Waals surface area contributed by atoms with E-state index in [0.29, 0.717) is 12.2 Å². The minimum atomic E-state index is -3.84. The van der Waals surface area contributed by atoms with Crippen molar-refractivity contribution in [2.75, 3.05) is 23.7 Å². The zero-order valence-corrected chi connectivity index (χ0v) is 25.8. The van der Waals surface area contributed by atoms with Crippen molar-refractivity contribution in [1.29, 1.82) is 0 Å². The third kappa shape index (κ3) is 6.51. The molecule has 9 heteroatoms. The van der Waals surface area contributed by atoms with E-state index >= 15 is 0 Å². The highest BCUT2D eigenvalue weighted by molar-refractivity contribution is 7.92. The van der Waals surface area contributed by atoms with Crippen LogP contribution < -0.4 is 9.62 Å². The molecule has 42 heavy (non-hydrogen) atoms. The third-order valence-corrected chi connectivity index (χ3v) is 10.9. The Hall–Kier alpha value is -2.94. The quantitative estimate of drug-likeness (QED) is 0.332. The molecular weight excluding hydrogens is 553 g/mol. The van der Waals surface area contributed by atoms with Crippen molar-refractivity contribution in [3.8, 4) is 0 Å². The molecule has 1 unspecified atom stereocenters. The fraction of sp³-hybridized carbons (Fsp3) is 0.576. The molecule has 4 fully saturated rings. The van der Waals surface area contributed by atoms with Crippen molar-refractivity contribution in [2.24, 2.45) is 17.8 Å². The van der Waals surface area contributed by atoms with Crippen LogP contribution in [0.1, 0.15) is 76.3 Å². The average molecular weight is 598 g/mol. The van der Waals surface area contributed by atoms with E-state index in [1.807, 2.05) is 31.2 Å². The lowest BCUT2D eigenvalue weighted by Gasteiger charge is -2.57. The lowest BCUT2D eigenvalue weighted by atomic mass is 9.48. The number of nitrogens with one attached hydrogen (secondary N) is 1. The first-order valence-electron chi connectivity index (χ1n) is 15.4. The largest absolute Gasteiger partial charge is 0.354 e. The number of halogens is 1. The van der Waals surface area contributed by atoms with Crippen LogP contribution in [0.15, 0.2) is 48.5 Å². The van der Waals surface area contributed by atoms with Crippen LogP contribution in [-0.2, 0) is 31.6 Å². The summed E-state index contributed by atoms with van der Waals surface area (Å²) in [6.07, 6.45) is 10.4. The van der Waals surface area contributed by atoms with Gasteiger partial charge in [-0.15, -0.1) is 0 Å². The van der Waals surface area contributed by atoms with Crippen molar-refractivity contribution < 1.29 is 22.4 Å². The van der Waals surface area contributed by atoms with E-state index < -0.39 is 34.3 Å². The predicted octanol–water partition coefficient (Wildman–Crippen LogP) is 5.39. The molecule has 4 bridgehead atoms. The second-order valence-electron chi connectivity index (χ2n) is 12.9. The topological polar surface area (TPSA) is 86.8 Å². The Balaban J connectivity index is 1.37. The Morgan fingerprint density at radius 3 is 2.14 bits per heavy atom. The number of hydrogen-bond acceptors (Lipinski definition) is 4. The van der Waals surface area contributed by atoms with Crippen molar-refractivity contribution in [2.45, 2.75) is 83.2 Å². The van der Waals surface area contributed by atoms with Crippen molar-refractivity contribution in [1.82, 2.24) is 10.2 Å². The minimum absolute atomic E-state index is 0.156. The number of nitrogens with zero attached hydrogens (tertiary/aromatic N) is 2. The normalized spacial score (nSPS) is 25.2. The Morgan fingerprint density at radius 2 is 1.60 bits per heavy atom. The van der Waals surface area contributed by atoms with Crippen LogP contribution in [0.5, 0.6) is 0 Å². The molecule has 0 spiro atoms. The van der Waals surface area contributed by atoms with Gasteiger partial charge in [0.05, 0.1) is 11.9 Å². The summed E-state index contributed by atoms with van der Waals surface area (Å²) in [5.74, 6) is 0.952. The first kappa shape index (κ1) is 30.5. The number of rotatable bonds is 12. The zero-order chi connectivity index (χ0) is 30.1. The van der Waals surface area contributed by atoms with Crippen LogP contribution in [0, 0.1) is 23.6 Å². The van der Waals surface area contributed by atoms with Gasteiger partial charge >= 0.3 is 0 Å². The Bertz CT molecular complexity index is 1360. The lowest BCUT2D eigenvalue weighted by Crippen LogP contribution is -2.51. The molecule has 6 rings (SSSR count). The van der Waals surface area contributed by atoms with E-state index in [1.54, 1.807) is 25.1 Å². The van der Waals surface area contributed by atoms with Gasteiger partial charge < -0.3 is 10.2 Å². The Kier molecular flexibility index (Phi) is 8.97. The summed E-state index contributed by atoms with van der Waals surface area (Å²) in [5.41, 5.74) is 2.11. The highest BCUT2D eigenvalue weighted by Gasteiger charge is 2.51. The van der Waals surface area contributed by atoms with Crippen molar-refractivity contribution >= 4 is 27.5 Å². The summed E-state index contributed by atoms with van der Waals surface area (Å²) in [4.78, 5) is 28.0. The average Bonchev–Trinajstić information content (AvgIpc) is 2.94. The van der Waals surface area contributed by atoms with Crippen LogP contribution in [0.25, 0.3) is 0 Å². The maximum Gasteiger partial charge on any atom is 0.244 e. The van der Waals surface area contributed by atoms with Crippen LogP contribution in [-0.4, -0.2) is 50.5 Å². The van der Waals surface area contributed by atoms with E-state index in [-0.39, 0.29) is 23.4 Å². The fourth-order valence-electron chi connectivity index (χ4n) is 7.99. The van der Waals surface area contributed by atoms with Crippen LogP contribution in [0.4, 0.5) is 10.1 Å². The Labute approximate surface area is 249 Å². The summed E-state index contributed by atoms with van der Waals surface area (Å²) in [6, 6.07) is 12.9. The molecule has 0 aromatic heterocycles. The molecule has 1 N–H and O–H groups in total. The molecule has 4 aliphatic rings. The maximum absolute atomic E-state index is 14.6. The molecule has 4 saturated carbocycles. The zero-order valence-electron chi connectivity index (χ0n) is 25.0. The number of sulfonamides is 1. The van der Waals surface area contributed by atoms with Crippen molar-refractivity contribution in [3.05, 3.63) is 65.5 Å². The number of unbranched alkanes of at least 4 members (excludes halogenated alkanes) is 1. The summed E-state index contributed by atoms with van der Waals surface area (Å²) in [6.45, 7) is 3.42. The third-order valence-electron chi connectivity index (χ3n) is 9.78. The first-order valence-corrected chi connectivity index (χ1v) is 17.2. The molecule has 0 heterocycles. The number of hydrogen-bond donors (Lipinski definition) is 1. The van der Waals surface area contributed by atoms with Crippen LogP contribution in [0.2, 0.25) is 0 Å². The van der Waals surface area contributed by atoms with Gasteiger partial charge in [0, 0.05) is 18.7 Å². The van der Waals surface area contributed by atoms with Crippen LogP contribution >= 0.6 is 0 Å². The van der Waals surface area contributed by atoms with Gasteiger partial charge in [0.1, 0.15) is 18.4 Å². The fourth-order valence-corrected chi connectivity index (χ4v) is 8.84. The number of carbonyl (C=O) groups excluding carboxylic acids is 2. The van der Waals surface area contributed by atoms with Gasteiger partial charge in [-0.2, -0.15) is 0 Å². The molecule has 2 amide bonds. The summed E-state index contributed by atoms with van der Waals surface area (Å²) >= 11 is 0. The molecule has 0 radical (unpaired) electrons. The SMILES string of the molecule is CCCCNC(=O)C(C)N(Cc1ccccc1F)C(=O)CN(c1ccc(C23CC4CC(CC(C4)C2)C3)cc1)S(C)(=O)=O. The first-order chi connectivity index (χ1) is 20.0. The smallest absolute Gasteiger partial charge is 0.244 e. The summed E-state index contributed by atoms with van der Waals surface area (Å²) in [5, 5.41) is 2.84. The monoisotopic (exact) mass is 597 g/mol. The molecule has 1 atom stereocenters. The maximum atomic E-state index is 14.6. The number of carbonyl (C=O) groups is 2. The van der Waals surface area contributed by atoms with Gasteiger partial charge in [-0.1, -0.05) is 43.7 Å². The van der Waals surface area contributed by atoms with E-state index in [1.165, 1.54) is 55.1 Å². The van der Waals surface area contributed by atoms with Gasteiger partial charge in [-0.05, 0) is 98.8 Å². The van der Waals surface area contributed by atoms with Crippen LogP contribution in [0.3, 0.4) is 0 Å². The van der Waals surface area contributed by atoms with E-state index in [2.05, 4.69) is 5.32 Å². The summed E-state index contributed by atoms with van der Waals surface area (Å²) in [7, 11) is -3.84. The standard InChI is InChI=1S/C33H44FN3O4S/c1-4-5-14-35-32(39)23(2)36(21-27-8-6-7-9-30(27)34)31(38)22-37(42(3,40)41)29-12-10-28(11-13-29)33-18-24-15-25(19-33)17-26(16-24)20-33/h6-13,23-26H,4-5,14-22H2,1-3H3,(H,35,39).